The number of ether oxygens (including phenoxy) is 1. The van der Waals surface area contributed by atoms with Crippen molar-refractivity contribution in [2.45, 2.75) is 12.8 Å². The topological polar surface area (TPSA) is 27.7 Å². The van der Waals surface area contributed by atoms with Gasteiger partial charge in [0.2, 0.25) is 0 Å². The second-order valence-corrected chi connectivity index (χ2v) is 5.41. The Morgan fingerprint density at radius 2 is 1.89 bits per heavy atom. The molecule has 0 unspecified atom stereocenters. The number of hydrogen-bond acceptors (Lipinski definition) is 4. The summed E-state index contributed by atoms with van der Waals surface area (Å²) >= 11 is 0. The standard InChI is InChI=1S/C13H27N3O.ClH/c1-15(12-13-2-4-14-5-3-13)6-7-16-8-10-17-11-9-16;/h13-14H,2-12H2,1H3;1H. The molecule has 0 spiro atoms. The Morgan fingerprint density at radius 3 is 2.56 bits per heavy atom. The van der Waals surface area contributed by atoms with E-state index >= 15 is 0 Å². The van der Waals surface area contributed by atoms with Crippen molar-refractivity contribution in [1.29, 1.82) is 0 Å². The van der Waals surface area contributed by atoms with Gasteiger partial charge < -0.3 is 15.0 Å². The summed E-state index contributed by atoms with van der Waals surface area (Å²) in [6, 6.07) is 0. The first-order chi connectivity index (χ1) is 8.34. The van der Waals surface area contributed by atoms with Crippen molar-refractivity contribution < 1.29 is 4.74 Å². The maximum absolute atomic E-state index is 5.37. The van der Waals surface area contributed by atoms with Crippen LogP contribution >= 0.6 is 12.4 Å². The third-order valence-corrected chi connectivity index (χ3v) is 3.93. The summed E-state index contributed by atoms with van der Waals surface area (Å²) < 4.78 is 5.37. The zero-order valence-electron chi connectivity index (χ0n) is 11.6. The lowest BCUT2D eigenvalue weighted by Crippen LogP contribution is -2.42. The molecule has 2 aliphatic heterocycles. The third-order valence-electron chi connectivity index (χ3n) is 3.93. The summed E-state index contributed by atoms with van der Waals surface area (Å²) in [4.78, 5) is 5.02. The molecule has 4 nitrogen and oxygen atoms in total. The van der Waals surface area contributed by atoms with E-state index in [1.54, 1.807) is 0 Å². The molecule has 0 radical (unpaired) electrons. The Balaban J connectivity index is 0.00000162. The summed E-state index contributed by atoms with van der Waals surface area (Å²) in [6.07, 6.45) is 2.70. The smallest absolute Gasteiger partial charge is 0.0594 e. The fourth-order valence-corrected chi connectivity index (χ4v) is 2.73. The van der Waals surface area contributed by atoms with Gasteiger partial charge in [-0.15, -0.1) is 12.4 Å². The van der Waals surface area contributed by atoms with E-state index in [0.717, 1.165) is 32.2 Å². The molecule has 2 aliphatic rings. The van der Waals surface area contributed by atoms with Crippen LogP contribution in [0.1, 0.15) is 12.8 Å². The van der Waals surface area contributed by atoms with Crippen LogP contribution < -0.4 is 5.32 Å². The Labute approximate surface area is 117 Å². The van der Waals surface area contributed by atoms with Crippen LogP contribution in [0.3, 0.4) is 0 Å². The molecular formula is C13H28ClN3O. The Morgan fingerprint density at radius 1 is 1.22 bits per heavy atom. The number of likely N-dealkylation sites (N-methyl/N-ethyl adjacent to an activating group) is 1. The minimum Gasteiger partial charge on any atom is -0.379 e. The Hall–Kier alpha value is 0.130. The van der Waals surface area contributed by atoms with Crippen LogP contribution in [-0.4, -0.2) is 75.9 Å². The molecule has 2 fully saturated rings. The Bertz CT molecular complexity index is 206. The molecule has 0 aromatic heterocycles. The lowest BCUT2D eigenvalue weighted by molar-refractivity contribution is 0.0337. The van der Waals surface area contributed by atoms with E-state index in [0.29, 0.717) is 0 Å². The molecule has 2 saturated heterocycles. The van der Waals surface area contributed by atoms with Gasteiger partial charge in [0, 0.05) is 32.7 Å². The highest BCUT2D eigenvalue weighted by Crippen LogP contribution is 2.12. The van der Waals surface area contributed by atoms with Crippen LogP contribution in [0.2, 0.25) is 0 Å². The Kier molecular flexibility index (Phi) is 8.18. The highest BCUT2D eigenvalue weighted by atomic mass is 35.5. The predicted octanol–water partition coefficient (Wildman–Crippen LogP) is 0.672. The molecule has 0 bridgehead atoms. The molecule has 5 heteroatoms. The zero-order chi connectivity index (χ0) is 11.9. The van der Waals surface area contributed by atoms with Gasteiger partial charge in [0.15, 0.2) is 0 Å². The molecule has 1 N–H and O–H groups in total. The average molecular weight is 278 g/mol. The van der Waals surface area contributed by atoms with Crippen LogP contribution in [0, 0.1) is 5.92 Å². The van der Waals surface area contributed by atoms with E-state index in [9.17, 15) is 0 Å². The first-order valence-corrected chi connectivity index (χ1v) is 7.04. The molecule has 0 amide bonds. The van der Waals surface area contributed by atoms with E-state index in [-0.39, 0.29) is 12.4 Å². The fraction of sp³-hybridized carbons (Fsp3) is 1.00. The van der Waals surface area contributed by atoms with Crippen LogP contribution in [0.5, 0.6) is 0 Å². The molecule has 18 heavy (non-hydrogen) atoms. The predicted molar refractivity (Wildman–Crippen MR) is 77.6 cm³/mol. The summed E-state index contributed by atoms with van der Waals surface area (Å²) in [7, 11) is 2.27. The number of hydrogen-bond donors (Lipinski definition) is 1. The minimum absolute atomic E-state index is 0. The largest absolute Gasteiger partial charge is 0.379 e. The van der Waals surface area contributed by atoms with Gasteiger partial charge in [-0.2, -0.15) is 0 Å². The molecular weight excluding hydrogens is 250 g/mol. The van der Waals surface area contributed by atoms with Crippen molar-refractivity contribution in [2.24, 2.45) is 5.92 Å². The van der Waals surface area contributed by atoms with Crippen molar-refractivity contribution in [1.82, 2.24) is 15.1 Å². The lowest BCUT2D eigenvalue weighted by atomic mass is 9.98. The third kappa shape index (κ3) is 5.85. The average Bonchev–Trinajstić information content (AvgIpc) is 2.39. The van der Waals surface area contributed by atoms with Gasteiger partial charge in [-0.25, -0.2) is 0 Å². The molecule has 2 rings (SSSR count). The SMILES string of the molecule is CN(CCN1CCOCC1)CC1CCNCC1.Cl. The molecule has 0 aliphatic carbocycles. The monoisotopic (exact) mass is 277 g/mol. The summed E-state index contributed by atoms with van der Waals surface area (Å²) in [5.74, 6) is 0.908. The van der Waals surface area contributed by atoms with Gasteiger partial charge in [0.05, 0.1) is 13.2 Å². The highest BCUT2D eigenvalue weighted by Gasteiger charge is 2.16. The molecule has 2 heterocycles. The summed E-state index contributed by atoms with van der Waals surface area (Å²) in [5, 5.41) is 3.43. The first-order valence-electron chi connectivity index (χ1n) is 7.04. The number of nitrogens with one attached hydrogen (secondary N) is 1. The van der Waals surface area contributed by atoms with Crippen molar-refractivity contribution >= 4 is 12.4 Å². The number of morpholine rings is 1. The van der Waals surface area contributed by atoms with Crippen LogP contribution in [0.4, 0.5) is 0 Å². The molecule has 0 saturated carbocycles. The van der Waals surface area contributed by atoms with Gasteiger partial charge in [-0.3, -0.25) is 4.90 Å². The molecule has 0 aromatic carbocycles. The fourth-order valence-electron chi connectivity index (χ4n) is 2.73. The molecule has 108 valence electrons. The highest BCUT2D eigenvalue weighted by molar-refractivity contribution is 5.85. The number of piperidine rings is 1. The van der Waals surface area contributed by atoms with Crippen molar-refractivity contribution in [3.8, 4) is 0 Å². The van der Waals surface area contributed by atoms with Crippen molar-refractivity contribution in [3.05, 3.63) is 0 Å². The van der Waals surface area contributed by atoms with E-state index in [4.69, 9.17) is 4.74 Å². The van der Waals surface area contributed by atoms with Gasteiger partial charge >= 0.3 is 0 Å². The van der Waals surface area contributed by atoms with Crippen molar-refractivity contribution in [3.63, 3.8) is 0 Å². The van der Waals surface area contributed by atoms with E-state index < -0.39 is 0 Å². The normalized spacial score (nSPS) is 23.0. The van der Waals surface area contributed by atoms with Gasteiger partial charge in [-0.05, 0) is 38.9 Å². The number of nitrogens with zero attached hydrogens (tertiary/aromatic N) is 2. The van der Waals surface area contributed by atoms with E-state index in [2.05, 4.69) is 22.2 Å². The number of halogens is 1. The van der Waals surface area contributed by atoms with Crippen LogP contribution in [0.25, 0.3) is 0 Å². The lowest BCUT2D eigenvalue weighted by Gasteiger charge is -2.31. The quantitative estimate of drug-likeness (QED) is 0.800. The summed E-state index contributed by atoms with van der Waals surface area (Å²) in [5.41, 5.74) is 0. The first kappa shape index (κ1) is 16.2. The minimum atomic E-state index is 0. The maximum Gasteiger partial charge on any atom is 0.0594 e. The molecule has 0 atom stereocenters. The van der Waals surface area contributed by atoms with Crippen molar-refractivity contribution in [2.75, 3.05) is 66.1 Å². The van der Waals surface area contributed by atoms with Crippen LogP contribution in [-0.2, 0) is 4.74 Å². The second-order valence-electron chi connectivity index (χ2n) is 5.41. The molecule has 0 aromatic rings. The second kappa shape index (κ2) is 9.10. The van der Waals surface area contributed by atoms with E-state index in [1.807, 2.05) is 0 Å². The van der Waals surface area contributed by atoms with Gasteiger partial charge in [-0.1, -0.05) is 0 Å². The van der Waals surface area contributed by atoms with Gasteiger partial charge in [0.1, 0.15) is 0 Å². The van der Waals surface area contributed by atoms with Crippen LogP contribution in [0.15, 0.2) is 0 Å². The zero-order valence-corrected chi connectivity index (χ0v) is 12.4. The maximum atomic E-state index is 5.37. The van der Waals surface area contributed by atoms with Gasteiger partial charge in [0.25, 0.3) is 0 Å². The number of rotatable bonds is 5. The van der Waals surface area contributed by atoms with E-state index in [1.165, 1.54) is 45.6 Å². The summed E-state index contributed by atoms with van der Waals surface area (Å²) in [6.45, 7) is 10.1.